The zero-order valence-electron chi connectivity index (χ0n) is 10.7. The van der Waals surface area contributed by atoms with Gasteiger partial charge in [0.1, 0.15) is 0 Å². The van der Waals surface area contributed by atoms with Crippen LogP contribution in [0, 0.1) is 0 Å². The van der Waals surface area contributed by atoms with Gasteiger partial charge >= 0.3 is 0 Å². The van der Waals surface area contributed by atoms with Crippen LogP contribution in [0.4, 0.5) is 0 Å². The Labute approximate surface area is 103 Å². The number of hydrogen-bond acceptors (Lipinski definition) is 2. The molecule has 0 bridgehead atoms. The number of nitrogens with two attached hydrogens (primary N) is 1. The molecule has 1 unspecified atom stereocenters. The van der Waals surface area contributed by atoms with Crippen LogP contribution in [0.2, 0.25) is 0 Å². The Morgan fingerprint density at radius 3 is 2.76 bits per heavy atom. The predicted molar refractivity (Wildman–Crippen MR) is 71.0 cm³/mol. The molecule has 0 radical (unpaired) electrons. The molecule has 3 heteroatoms. The third-order valence-corrected chi connectivity index (χ3v) is 2.77. The minimum Gasteiger partial charge on any atom is -0.350 e. The molecule has 1 aromatic carbocycles. The molecule has 1 aromatic rings. The average molecular weight is 234 g/mol. The second kappa shape index (κ2) is 7.07. The molecule has 0 saturated carbocycles. The number of amides is 1. The van der Waals surface area contributed by atoms with Gasteiger partial charge in [0.25, 0.3) is 5.91 Å². The van der Waals surface area contributed by atoms with Gasteiger partial charge in [-0.25, -0.2) is 0 Å². The van der Waals surface area contributed by atoms with Crippen LogP contribution in [-0.4, -0.2) is 18.5 Å². The van der Waals surface area contributed by atoms with E-state index in [1.54, 1.807) is 0 Å². The lowest BCUT2D eigenvalue weighted by Gasteiger charge is -2.14. The van der Waals surface area contributed by atoms with Gasteiger partial charge in [-0.2, -0.15) is 0 Å². The zero-order valence-corrected chi connectivity index (χ0v) is 10.7. The SMILES string of the molecule is CCCC(C)NC(=O)c1ccccc1CCN. The Morgan fingerprint density at radius 1 is 1.41 bits per heavy atom. The van der Waals surface area contributed by atoms with Crippen LogP contribution >= 0.6 is 0 Å². The summed E-state index contributed by atoms with van der Waals surface area (Å²) in [6.45, 7) is 4.72. The van der Waals surface area contributed by atoms with E-state index in [-0.39, 0.29) is 11.9 Å². The number of rotatable bonds is 6. The first kappa shape index (κ1) is 13.7. The Bertz CT molecular complexity index is 363. The summed E-state index contributed by atoms with van der Waals surface area (Å²) in [7, 11) is 0. The number of benzene rings is 1. The lowest BCUT2D eigenvalue weighted by molar-refractivity contribution is 0.0937. The van der Waals surface area contributed by atoms with Gasteiger partial charge in [-0.15, -0.1) is 0 Å². The van der Waals surface area contributed by atoms with Crippen molar-refractivity contribution in [1.29, 1.82) is 0 Å². The topological polar surface area (TPSA) is 55.1 Å². The van der Waals surface area contributed by atoms with E-state index in [1.807, 2.05) is 31.2 Å². The van der Waals surface area contributed by atoms with Gasteiger partial charge in [0, 0.05) is 11.6 Å². The van der Waals surface area contributed by atoms with Crippen LogP contribution in [0.3, 0.4) is 0 Å². The first-order chi connectivity index (χ1) is 8.19. The van der Waals surface area contributed by atoms with Gasteiger partial charge in [-0.05, 0) is 37.9 Å². The van der Waals surface area contributed by atoms with Crippen LogP contribution in [0.1, 0.15) is 42.6 Å². The van der Waals surface area contributed by atoms with Crippen molar-refractivity contribution in [3.05, 3.63) is 35.4 Å². The van der Waals surface area contributed by atoms with Crippen molar-refractivity contribution in [3.8, 4) is 0 Å². The summed E-state index contributed by atoms with van der Waals surface area (Å²) in [5, 5.41) is 3.02. The summed E-state index contributed by atoms with van der Waals surface area (Å²) in [6, 6.07) is 7.88. The van der Waals surface area contributed by atoms with Gasteiger partial charge in [0.15, 0.2) is 0 Å². The summed E-state index contributed by atoms with van der Waals surface area (Å²) in [5.74, 6) is 0.00926. The lowest BCUT2D eigenvalue weighted by atomic mass is 10.0. The molecule has 0 fully saturated rings. The molecule has 1 amide bonds. The van der Waals surface area contributed by atoms with E-state index in [1.165, 1.54) is 0 Å². The minimum atomic E-state index is 0.00926. The molecule has 0 spiro atoms. The van der Waals surface area contributed by atoms with E-state index in [0.717, 1.165) is 30.4 Å². The summed E-state index contributed by atoms with van der Waals surface area (Å²) in [5.41, 5.74) is 7.32. The maximum absolute atomic E-state index is 12.1. The normalized spacial score (nSPS) is 12.2. The monoisotopic (exact) mass is 234 g/mol. The maximum Gasteiger partial charge on any atom is 0.251 e. The Morgan fingerprint density at radius 2 is 2.12 bits per heavy atom. The fourth-order valence-electron chi connectivity index (χ4n) is 1.92. The number of nitrogens with one attached hydrogen (secondary N) is 1. The standard InChI is InChI=1S/C14H22N2O/c1-3-6-11(2)16-14(17)13-8-5-4-7-12(13)9-10-15/h4-5,7-8,11H,3,6,9-10,15H2,1-2H3,(H,16,17). The molecule has 3 N–H and O–H groups in total. The second-order valence-electron chi connectivity index (χ2n) is 4.36. The molecule has 1 atom stereocenters. The van der Waals surface area contributed by atoms with E-state index in [4.69, 9.17) is 5.73 Å². The number of carbonyl (C=O) groups is 1. The second-order valence-corrected chi connectivity index (χ2v) is 4.36. The average Bonchev–Trinajstić information content (AvgIpc) is 2.30. The Hall–Kier alpha value is -1.35. The summed E-state index contributed by atoms with van der Waals surface area (Å²) in [4.78, 5) is 12.1. The highest BCUT2D eigenvalue weighted by Crippen LogP contribution is 2.10. The van der Waals surface area contributed by atoms with Gasteiger partial charge in [-0.3, -0.25) is 4.79 Å². The Kier molecular flexibility index (Phi) is 5.70. The lowest BCUT2D eigenvalue weighted by Crippen LogP contribution is -2.33. The van der Waals surface area contributed by atoms with Crippen LogP contribution < -0.4 is 11.1 Å². The smallest absolute Gasteiger partial charge is 0.251 e. The molecular weight excluding hydrogens is 212 g/mol. The summed E-state index contributed by atoms with van der Waals surface area (Å²) < 4.78 is 0. The summed E-state index contributed by atoms with van der Waals surface area (Å²) >= 11 is 0. The van der Waals surface area contributed by atoms with Crippen molar-refractivity contribution in [2.24, 2.45) is 5.73 Å². The zero-order chi connectivity index (χ0) is 12.7. The third-order valence-electron chi connectivity index (χ3n) is 2.77. The molecule has 0 aliphatic carbocycles. The van der Waals surface area contributed by atoms with Crippen molar-refractivity contribution in [2.45, 2.75) is 39.2 Å². The molecule has 3 nitrogen and oxygen atoms in total. The number of hydrogen-bond donors (Lipinski definition) is 2. The van der Waals surface area contributed by atoms with Crippen molar-refractivity contribution in [1.82, 2.24) is 5.32 Å². The van der Waals surface area contributed by atoms with Gasteiger partial charge in [-0.1, -0.05) is 31.5 Å². The maximum atomic E-state index is 12.1. The van der Waals surface area contributed by atoms with Crippen LogP contribution in [0.25, 0.3) is 0 Å². The van der Waals surface area contributed by atoms with Crippen LogP contribution in [-0.2, 0) is 6.42 Å². The van der Waals surface area contributed by atoms with E-state index < -0.39 is 0 Å². The molecule has 0 aliphatic rings. The first-order valence-electron chi connectivity index (χ1n) is 6.27. The van der Waals surface area contributed by atoms with Gasteiger partial charge < -0.3 is 11.1 Å². The summed E-state index contributed by atoms with van der Waals surface area (Å²) in [6.07, 6.45) is 2.82. The minimum absolute atomic E-state index is 0.00926. The molecule has 0 heterocycles. The van der Waals surface area contributed by atoms with Crippen LogP contribution in [0.15, 0.2) is 24.3 Å². The predicted octanol–water partition coefficient (Wildman–Crippen LogP) is 2.11. The first-order valence-corrected chi connectivity index (χ1v) is 6.27. The van der Waals surface area contributed by atoms with Crippen molar-refractivity contribution in [2.75, 3.05) is 6.54 Å². The van der Waals surface area contributed by atoms with E-state index in [0.29, 0.717) is 6.54 Å². The molecule has 94 valence electrons. The van der Waals surface area contributed by atoms with Crippen LogP contribution in [0.5, 0.6) is 0 Å². The quantitative estimate of drug-likeness (QED) is 0.792. The highest BCUT2D eigenvalue weighted by Gasteiger charge is 2.12. The molecule has 0 aromatic heterocycles. The van der Waals surface area contributed by atoms with Crippen molar-refractivity contribution < 1.29 is 4.79 Å². The Balaban J connectivity index is 2.74. The van der Waals surface area contributed by atoms with E-state index in [9.17, 15) is 4.79 Å². The third kappa shape index (κ3) is 4.19. The molecular formula is C14H22N2O. The van der Waals surface area contributed by atoms with Crippen molar-refractivity contribution in [3.63, 3.8) is 0 Å². The fourth-order valence-corrected chi connectivity index (χ4v) is 1.92. The number of carbonyl (C=O) groups excluding carboxylic acids is 1. The van der Waals surface area contributed by atoms with Gasteiger partial charge in [0.2, 0.25) is 0 Å². The highest BCUT2D eigenvalue weighted by atomic mass is 16.1. The van der Waals surface area contributed by atoms with Crippen molar-refractivity contribution >= 4 is 5.91 Å². The van der Waals surface area contributed by atoms with E-state index in [2.05, 4.69) is 12.2 Å². The molecule has 1 rings (SSSR count). The largest absolute Gasteiger partial charge is 0.350 e. The molecule has 0 saturated heterocycles. The highest BCUT2D eigenvalue weighted by molar-refractivity contribution is 5.95. The molecule has 0 aliphatic heterocycles. The van der Waals surface area contributed by atoms with Gasteiger partial charge in [0.05, 0.1) is 0 Å². The fraction of sp³-hybridized carbons (Fsp3) is 0.500. The molecule has 17 heavy (non-hydrogen) atoms. The van der Waals surface area contributed by atoms with E-state index >= 15 is 0 Å².